The van der Waals surface area contributed by atoms with Crippen LogP contribution in [0.5, 0.6) is 0 Å². The van der Waals surface area contributed by atoms with Crippen LogP contribution in [0.1, 0.15) is 49.9 Å². The predicted molar refractivity (Wildman–Crippen MR) is 113 cm³/mol. The number of carbonyl (C=O) groups excluding carboxylic acids is 1. The molecule has 1 unspecified atom stereocenters. The molecule has 2 atom stereocenters. The zero-order valence-electron chi connectivity index (χ0n) is 17.2. The number of rotatable bonds is 6. The minimum Gasteiger partial charge on any atom is -0.369 e. The van der Waals surface area contributed by atoms with Crippen molar-refractivity contribution < 1.29 is 9.18 Å². The van der Waals surface area contributed by atoms with Gasteiger partial charge in [-0.1, -0.05) is 13.0 Å². The molecule has 0 spiro atoms. The minimum atomic E-state index is -0.492. The molecule has 2 aromatic heterocycles. The quantitative estimate of drug-likeness (QED) is 0.674. The number of nitrogens with zero attached hydrogens (tertiary/aromatic N) is 4. The van der Waals surface area contributed by atoms with Crippen LogP contribution in [0.15, 0.2) is 24.5 Å². The number of pyridine rings is 1. The fraction of sp³-hybridized carbons (Fsp3) is 0.524. The zero-order valence-corrected chi connectivity index (χ0v) is 17.2. The first kappa shape index (κ1) is 20.3. The molecule has 1 fully saturated rings. The van der Waals surface area contributed by atoms with Gasteiger partial charge in [-0.25, -0.2) is 24.1 Å². The first-order valence-electron chi connectivity index (χ1n) is 10.7. The van der Waals surface area contributed by atoms with E-state index >= 15 is 0 Å². The summed E-state index contributed by atoms with van der Waals surface area (Å²) in [5, 5.41) is 9.32. The fourth-order valence-electron chi connectivity index (χ4n) is 4.09. The molecule has 0 radical (unpaired) electrons. The Labute approximate surface area is 175 Å². The Kier molecular flexibility index (Phi) is 6.25. The third kappa shape index (κ3) is 4.29. The van der Waals surface area contributed by atoms with Crippen LogP contribution in [-0.2, 0) is 0 Å². The number of piperidine rings is 1. The van der Waals surface area contributed by atoms with Crippen LogP contribution in [-0.4, -0.2) is 58.1 Å². The van der Waals surface area contributed by atoms with Crippen molar-refractivity contribution in [3.8, 4) is 0 Å². The molecule has 0 saturated carbocycles. The summed E-state index contributed by atoms with van der Waals surface area (Å²) in [4.78, 5) is 27.3. The van der Waals surface area contributed by atoms with E-state index in [0.717, 1.165) is 43.6 Å². The van der Waals surface area contributed by atoms with E-state index in [0.29, 0.717) is 25.5 Å². The Morgan fingerprint density at radius 3 is 3.13 bits per heavy atom. The van der Waals surface area contributed by atoms with Crippen molar-refractivity contribution in [3.63, 3.8) is 0 Å². The van der Waals surface area contributed by atoms with Gasteiger partial charge < -0.3 is 20.9 Å². The third-order valence-electron chi connectivity index (χ3n) is 5.68. The molecule has 0 aromatic carbocycles. The second-order valence-electron chi connectivity index (χ2n) is 7.76. The highest BCUT2D eigenvalue weighted by Gasteiger charge is 2.29. The summed E-state index contributed by atoms with van der Waals surface area (Å²) in [5.41, 5.74) is 1.01. The molecule has 3 N–H and O–H groups in total. The molecule has 30 heavy (non-hydrogen) atoms. The van der Waals surface area contributed by atoms with Gasteiger partial charge in [-0.05, 0) is 31.7 Å². The first-order chi connectivity index (χ1) is 14.7. The van der Waals surface area contributed by atoms with Gasteiger partial charge in [0.2, 0.25) is 0 Å². The van der Waals surface area contributed by atoms with Crippen molar-refractivity contribution in [2.24, 2.45) is 0 Å². The molecule has 4 rings (SSSR count). The van der Waals surface area contributed by atoms with Crippen LogP contribution in [0.4, 0.5) is 20.8 Å². The standard InChI is InChI=1S/C21H28FN7O/c1-2-8-24-21(30)29-10-4-3-6-14(29)11-25-20-17(22)13-27-19(28-20)16-12-26-18-15(16)7-5-9-23-18/h5,7,9,13-14,16H,2-4,6,8,10-12H2,1H3,(H,23,26)(H,24,30)(H,25,27,28)/t14-,16?/m1/s1. The van der Waals surface area contributed by atoms with Crippen LogP contribution in [0, 0.1) is 5.82 Å². The van der Waals surface area contributed by atoms with Gasteiger partial charge in [0, 0.05) is 37.9 Å². The maximum absolute atomic E-state index is 14.4. The molecule has 2 amide bonds. The SMILES string of the molecule is CCCNC(=O)N1CCCC[C@@H]1CNc1nc(C2CNc3ncccc32)ncc1F. The summed E-state index contributed by atoms with van der Waals surface area (Å²) in [7, 11) is 0. The summed E-state index contributed by atoms with van der Waals surface area (Å²) in [6.45, 7) is 4.49. The Morgan fingerprint density at radius 1 is 1.37 bits per heavy atom. The molecule has 160 valence electrons. The second kappa shape index (κ2) is 9.23. The topological polar surface area (TPSA) is 95.1 Å². The van der Waals surface area contributed by atoms with Gasteiger partial charge in [0.25, 0.3) is 0 Å². The van der Waals surface area contributed by atoms with Gasteiger partial charge in [-0.2, -0.15) is 0 Å². The Hall–Kier alpha value is -2.97. The van der Waals surface area contributed by atoms with E-state index < -0.39 is 5.82 Å². The highest BCUT2D eigenvalue weighted by Crippen LogP contribution is 2.33. The maximum atomic E-state index is 14.4. The Balaban J connectivity index is 1.46. The minimum absolute atomic E-state index is 0.00601. The van der Waals surface area contributed by atoms with Gasteiger partial charge in [-0.15, -0.1) is 0 Å². The zero-order chi connectivity index (χ0) is 20.9. The smallest absolute Gasteiger partial charge is 0.317 e. The van der Waals surface area contributed by atoms with Crippen LogP contribution in [0.3, 0.4) is 0 Å². The molecule has 0 aliphatic carbocycles. The van der Waals surface area contributed by atoms with Gasteiger partial charge in [-0.3, -0.25) is 0 Å². The third-order valence-corrected chi connectivity index (χ3v) is 5.68. The summed E-state index contributed by atoms with van der Waals surface area (Å²) in [6, 6.07) is 3.82. The predicted octanol–water partition coefficient (Wildman–Crippen LogP) is 2.95. The van der Waals surface area contributed by atoms with Crippen molar-refractivity contribution in [2.45, 2.75) is 44.6 Å². The van der Waals surface area contributed by atoms with Gasteiger partial charge in [0.15, 0.2) is 11.6 Å². The number of nitrogens with one attached hydrogen (secondary N) is 3. The van der Waals surface area contributed by atoms with Crippen molar-refractivity contribution in [1.82, 2.24) is 25.2 Å². The maximum Gasteiger partial charge on any atom is 0.317 e. The number of likely N-dealkylation sites (tertiary alicyclic amines) is 1. The van der Waals surface area contributed by atoms with Gasteiger partial charge in [0.05, 0.1) is 18.2 Å². The summed E-state index contributed by atoms with van der Waals surface area (Å²) < 4.78 is 14.4. The largest absolute Gasteiger partial charge is 0.369 e. The molecule has 2 aliphatic rings. The summed E-state index contributed by atoms with van der Waals surface area (Å²) >= 11 is 0. The molecule has 4 heterocycles. The number of aromatic nitrogens is 3. The summed E-state index contributed by atoms with van der Waals surface area (Å²) in [5.74, 6) is 0.992. The number of halogens is 1. The highest BCUT2D eigenvalue weighted by atomic mass is 19.1. The lowest BCUT2D eigenvalue weighted by Crippen LogP contribution is -2.51. The van der Waals surface area contributed by atoms with E-state index in [1.807, 2.05) is 24.0 Å². The number of anilines is 2. The number of hydrogen-bond acceptors (Lipinski definition) is 6. The van der Waals surface area contributed by atoms with Gasteiger partial charge >= 0.3 is 6.03 Å². The average molecular weight is 414 g/mol. The number of urea groups is 1. The van der Waals surface area contributed by atoms with Crippen molar-refractivity contribution in [3.05, 3.63) is 41.7 Å². The average Bonchev–Trinajstić information content (AvgIpc) is 3.21. The number of carbonyl (C=O) groups is 1. The lowest BCUT2D eigenvalue weighted by atomic mass is 10.0. The molecule has 1 saturated heterocycles. The fourth-order valence-corrected chi connectivity index (χ4v) is 4.09. The van der Waals surface area contributed by atoms with Crippen LogP contribution >= 0.6 is 0 Å². The van der Waals surface area contributed by atoms with Gasteiger partial charge in [0.1, 0.15) is 11.6 Å². The van der Waals surface area contributed by atoms with Crippen LogP contribution in [0.25, 0.3) is 0 Å². The van der Waals surface area contributed by atoms with E-state index in [1.165, 1.54) is 6.20 Å². The van der Waals surface area contributed by atoms with Crippen molar-refractivity contribution >= 4 is 17.7 Å². The second-order valence-corrected chi connectivity index (χ2v) is 7.76. The molecule has 0 bridgehead atoms. The Morgan fingerprint density at radius 2 is 2.27 bits per heavy atom. The summed E-state index contributed by atoms with van der Waals surface area (Å²) in [6.07, 6.45) is 6.78. The van der Waals surface area contributed by atoms with Crippen LogP contribution in [0.2, 0.25) is 0 Å². The molecular weight excluding hydrogens is 385 g/mol. The van der Waals surface area contributed by atoms with Crippen molar-refractivity contribution in [2.75, 3.05) is 36.8 Å². The van der Waals surface area contributed by atoms with E-state index in [9.17, 15) is 9.18 Å². The highest BCUT2D eigenvalue weighted by molar-refractivity contribution is 5.74. The van der Waals surface area contributed by atoms with E-state index in [4.69, 9.17) is 0 Å². The van der Waals surface area contributed by atoms with E-state index in [-0.39, 0.29) is 23.8 Å². The monoisotopic (exact) mass is 413 g/mol. The Bertz CT molecular complexity index is 893. The van der Waals surface area contributed by atoms with Crippen molar-refractivity contribution in [1.29, 1.82) is 0 Å². The lowest BCUT2D eigenvalue weighted by Gasteiger charge is -2.36. The van der Waals surface area contributed by atoms with E-state index in [2.05, 4.69) is 30.9 Å². The molecular formula is C21H28FN7O. The van der Waals surface area contributed by atoms with E-state index in [1.54, 1.807) is 6.20 Å². The molecule has 2 aliphatic heterocycles. The molecule has 2 aromatic rings. The molecule has 8 nitrogen and oxygen atoms in total. The number of hydrogen-bond donors (Lipinski definition) is 3. The molecule has 9 heteroatoms. The normalized spacial score (nSPS) is 20.4. The first-order valence-corrected chi connectivity index (χ1v) is 10.7. The van der Waals surface area contributed by atoms with Crippen LogP contribution < -0.4 is 16.0 Å². The number of amides is 2. The number of fused-ring (bicyclic) bond motifs is 1. The lowest BCUT2D eigenvalue weighted by molar-refractivity contribution is 0.155.